The van der Waals surface area contributed by atoms with Crippen molar-refractivity contribution in [3.8, 4) is 17.3 Å². The number of nitrogen functional groups attached to an aromatic ring is 1. The molecule has 5 rings (SSSR count). The van der Waals surface area contributed by atoms with E-state index in [1.165, 1.54) is 4.52 Å². The summed E-state index contributed by atoms with van der Waals surface area (Å²) >= 11 is 0. The minimum atomic E-state index is -0.449. The number of imidazole rings is 1. The van der Waals surface area contributed by atoms with Crippen molar-refractivity contribution >= 4 is 22.9 Å². The van der Waals surface area contributed by atoms with E-state index in [-0.39, 0.29) is 11.4 Å². The quantitative estimate of drug-likeness (QED) is 0.458. The van der Waals surface area contributed by atoms with E-state index >= 15 is 0 Å². The number of anilines is 1. The molecule has 4 heterocycles. The Morgan fingerprint density at radius 2 is 2.06 bits per heavy atom. The fourth-order valence-electron chi connectivity index (χ4n) is 3.90. The van der Waals surface area contributed by atoms with Crippen molar-refractivity contribution in [2.24, 2.45) is 0 Å². The van der Waals surface area contributed by atoms with Crippen LogP contribution in [0, 0.1) is 11.3 Å². The normalized spacial score (nSPS) is 12.0. The van der Waals surface area contributed by atoms with Crippen LogP contribution in [-0.4, -0.2) is 29.9 Å². The van der Waals surface area contributed by atoms with E-state index in [9.17, 15) is 10.1 Å². The van der Waals surface area contributed by atoms with Gasteiger partial charge in [-0.25, -0.2) is 14.5 Å². The molecule has 156 valence electrons. The molecule has 5 aromatic rings. The first kappa shape index (κ1) is 19.3. The van der Waals surface area contributed by atoms with Gasteiger partial charge in [0.05, 0.1) is 35.3 Å². The highest BCUT2D eigenvalue weighted by Crippen LogP contribution is 2.32. The Labute approximate surface area is 182 Å². The van der Waals surface area contributed by atoms with Gasteiger partial charge in [0.15, 0.2) is 11.5 Å². The van der Waals surface area contributed by atoms with Crippen LogP contribution in [0.15, 0.2) is 67.4 Å². The zero-order valence-electron chi connectivity index (χ0n) is 17.1. The molecule has 1 unspecified atom stereocenters. The zero-order chi connectivity index (χ0) is 22.2. The van der Waals surface area contributed by atoms with Crippen LogP contribution in [0.1, 0.15) is 34.5 Å². The molecule has 9 nitrogen and oxygen atoms in total. The van der Waals surface area contributed by atoms with Crippen molar-refractivity contribution in [1.29, 1.82) is 5.26 Å². The second-order valence-corrected chi connectivity index (χ2v) is 7.33. The average Bonchev–Trinajstić information content (AvgIpc) is 3.42. The maximum Gasteiger partial charge on any atom is 0.259 e. The van der Waals surface area contributed by atoms with Gasteiger partial charge in [0, 0.05) is 18.0 Å². The smallest absolute Gasteiger partial charge is 0.259 e. The van der Waals surface area contributed by atoms with E-state index in [1.807, 2.05) is 41.7 Å². The lowest BCUT2D eigenvalue weighted by atomic mass is 9.98. The number of benzene rings is 1. The van der Waals surface area contributed by atoms with Gasteiger partial charge in [-0.2, -0.15) is 5.26 Å². The summed E-state index contributed by atoms with van der Waals surface area (Å²) in [5.74, 6) is -0.300. The van der Waals surface area contributed by atoms with Crippen molar-refractivity contribution in [2.75, 3.05) is 5.73 Å². The molecule has 0 aliphatic carbocycles. The van der Waals surface area contributed by atoms with Gasteiger partial charge in [-0.15, -0.1) is 5.10 Å². The van der Waals surface area contributed by atoms with E-state index in [2.05, 4.69) is 26.5 Å². The van der Waals surface area contributed by atoms with Crippen LogP contribution in [0.5, 0.6) is 0 Å². The van der Waals surface area contributed by atoms with Gasteiger partial charge in [0.25, 0.3) is 5.91 Å². The molecule has 1 amide bonds. The second-order valence-electron chi connectivity index (χ2n) is 7.33. The topological polar surface area (TPSA) is 126 Å². The third kappa shape index (κ3) is 3.02. The van der Waals surface area contributed by atoms with E-state index in [4.69, 9.17) is 5.73 Å². The molecule has 32 heavy (non-hydrogen) atoms. The molecule has 0 bridgehead atoms. The highest BCUT2D eigenvalue weighted by atomic mass is 16.1. The van der Waals surface area contributed by atoms with Gasteiger partial charge in [0.2, 0.25) is 0 Å². The molecule has 9 heteroatoms. The van der Waals surface area contributed by atoms with Crippen LogP contribution in [0.2, 0.25) is 0 Å². The molecule has 1 aromatic carbocycles. The van der Waals surface area contributed by atoms with Crippen molar-refractivity contribution in [2.45, 2.75) is 13.0 Å². The average molecular weight is 422 g/mol. The Bertz CT molecular complexity index is 1510. The lowest BCUT2D eigenvalue weighted by Crippen LogP contribution is -2.28. The first-order valence-electron chi connectivity index (χ1n) is 9.92. The first-order chi connectivity index (χ1) is 15.6. The second kappa shape index (κ2) is 7.52. The summed E-state index contributed by atoms with van der Waals surface area (Å²) in [5.41, 5.74) is 10.3. The number of nitrogens with zero attached hydrogens (tertiary/aromatic N) is 6. The third-order valence-corrected chi connectivity index (χ3v) is 5.36. The first-order valence-corrected chi connectivity index (χ1v) is 9.92. The van der Waals surface area contributed by atoms with Crippen molar-refractivity contribution < 1.29 is 4.79 Å². The summed E-state index contributed by atoms with van der Waals surface area (Å²) in [6.07, 6.45) is 6.59. The summed E-state index contributed by atoms with van der Waals surface area (Å²) in [6, 6.07) is 15.0. The number of hydrogen-bond acceptors (Lipinski definition) is 6. The molecule has 0 aliphatic rings. The maximum atomic E-state index is 13.2. The van der Waals surface area contributed by atoms with Crippen LogP contribution in [0.4, 0.5) is 5.82 Å². The van der Waals surface area contributed by atoms with Crippen molar-refractivity contribution in [1.82, 2.24) is 29.3 Å². The maximum absolute atomic E-state index is 13.2. The van der Waals surface area contributed by atoms with Crippen LogP contribution < -0.4 is 11.1 Å². The van der Waals surface area contributed by atoms with E-state index < -0.39 is 11.9 Å². The number of nitrogens with two attached hydrogens (primary N) is 1. The highest BCUT2D eigenvalue weighted by molar-refractivity contribution is 6.04. The third-order valence-electron chi connectivity index (χ3n) is 5.36. The fourth-order valence-corrected chi connectivity index (χ4v) is 3.90. The van der Waals surface area contributed by atoms with Crippen LogP contribution in [0.3, 0.4) is 0 Å². The molecule has 3 N–H and O–H groups in total. The number of carbonyl (C=O) groups is 1. The monoisotopic (exact) mass is 422 g/mol. The number of fused-ring (bicyclic) bond motifs is 2. The number of nitriles is 1. The zero-order valence-corrected chi connectivity index (χ0v) is 17.1. The van der Waals surface area contributed by atoms with Gasteiger partial charge in [-0.1, -0.05) is 30.3 Å². The molecule has 0 saturated heterocycles. The molecular formula is C23H18N8O. The predicted octanol–water partition coefficient (Wildman–Crippen LogP) is 2.99. The van der Waals surface area contributed by atoms with Gasteiger partial charge in [-0.05, 0) is 24.6 Å². The van der Waals surface area contributed by atoms with Crippen molar-refractivity contribution in [3.63, 3.8) is 0 Å². The summed E-state index contributed by atoms with van der Waals surface area (Å²) in [7, 11) is 0. The number of rotatable bonds is 4. The SMILES string of the molecule is CC(NC(=O)c1c(N)nn2cccnc12)c1cc(C#N)c2cncn2c1-c1ccccc1. The van der Waals surface area contributed by atoms with Crippen LogP contribution in [-0.2, 0) is 0 Å². The summed E-state index contributed by atoms with van der Waals surface area (Å²) in [5, 5.41) is 16.8. The number of amides is 1. The molecule has 0 aliphatic heterocycles. The molecule has 0 fully saturated rings. The highest BCUT2D eigenvalue weighted by Gasteiger charge is 2.24. The van der Waals surface area contributed by atoms with E-state index in [0.717, 1.165) is 16.8 Å². The molecule has 1 atom stereocenters. The summed E-state index contributed by atoms with van der Waals surface area (Å²) < 4.78 is 3.34. The standard InChI is InChI=1S/C23H18N8O/c1-14(28-23(32)19-21(25)29-31-9-5-8-27-22(19)31)17-10-16(11-24)18-12-26-13-30(18)20(17)15-6-3-2-4-7-15/h2-10,12-14H,1H3,(H2,25,29)(H,28,32). The molecule has 4 aromatic heterocycles. The lowest BCUT2D eigenvalue weighted by molar-refractivity contribution is 0.0942. The minimum Gasteiger partial charge on any atom is -0.381 e. The lowest BCUT2D eigenvalue weighted by Gasteiger charge is -2.20. The van der Waals surface area contributed by atoms with Crippen molar-refractivity contribution in [3.05, 3.63) is 84.1 Å². The Morgan fingerprint density at radius 1 is 1.25 bits per heavy atom. The summed E-state index contributed by atoms with van der Waals surface area (Å²) in [4.78, 5) is 21.6. The molecular weight excluding hydrogens is 404 g/mol. The Kier molecular flexibility index (Phi) is 4.53. The van der Waals surface area contributed by atoms with E-state index in [0.29, 0.717) is 16.7 Å². The number of pyridine rings is 1. The summed E-state index contributed by atoms with van der Waals surface area (Å²) in [6.45, 7) is 1.86. The number of aromatic nitrogens is 5. The Morgan fingerprint density at radius 3 is 2.84 bits per heavy atom. The van der Waals surface area contributed by atoms with Crippen LogP contribution >= 0.6 is 0 Å². The fraction of sp³-hybridized carbons (Fsp3) is 0.0870. The van der Waals surface area contributed by atoms with Gasteiger partial charge in [-0.3, -0.25) is 9.20 Å². The Hall–Kier alpha value is -4.71. The molecule has 0 spiro atoms. The van der Waals surface area contributed by atoms with Gasteiger partial charge in [0.1, 0.15) is 11.6 Å². The Balaban J connectivity index is 1.62. The largest absolute Gasteiger partial charge is 0.381 e. The predicted molar refractivity (Wildman–Crippen MR) is 119 cm³/mol. The number of hydrogen-bond donors (Lipinski definition) is 2. The van der Waals surface area contributed by atoms with Gasteiger partial charge < -0.3 is 11.1 Å². The van der Waals surface area contributed by atoms with E-state index in [1.54, 1.807) is 37.1 Å². The minimum absolute atomic E-state index is 0.0967. The molecule has 0 radical (unpaired) electrons. The number of nitrogens with one attached hydrogen (secondary N) is 1. The van der Waals surface area contributed by atoms with Gasteiger partial charge >= 0.3 is 0 Å². The van der Waals surface area contributed by atoms with Crippen LogP contribution in [0.25, 0.3) is 22.4 Å². The number of carbonyl (C=O) groups excluding carboxylic acids is 1. The molecule has 0 saturated carbocycles.